The Morgan fingerprint density at radius 2 is 2.43 bits per heavy atom. The number of nitrogens with two attached hydrogens (primary N) is 1. The van der Waals surface area contributed by atoms with Crippen molar-refractivity contribution in [1.29, 1.82) is 0 Å². The molecule has 1 aliphatic carbocycles. The first-order valence-electron chi connectivity index (χ1n) is 5.00. The van der Waals surface area contributed by atoms with E-state index in [-0.39, 0.29) is 11.6 Å². The van der Waals surface area contributed by atoms with Crippen LogP contribution < -0.4 is 11.3 Å². The molecule has 2 rings (SSSR count). The number of aromatic nitrogens is 2. The average molecular weight is 193 g/mol. The maximum Gasteiger partial charge on any atom is 0.254 e. The van der Waals surface area contributed by atoms with Crippen molar-refractivity contribution in [3.05, 3.63) is 27.9 Å². The summed E-state index contributed by atoms with van der Waals surface area (Å²) in [6, 6.07) is 0.0323. The van der Waals surface area contributed by atoms with E-state index in [9.17, 15) is 4.79 Å². The van der Waals surface area contributed by atoms with Crippen LogP contribution in [-0.2, 0) is 6.42 Å². The van der Waals surface area contributed by atoms with E-state index in [4.69, 9.17) is 5.73 Å². The molecule has 0 saturated heterocycles. The largest absolute Gasteiger partial charge is 0.328 e. The highest BCUT2D eigenvalue weighted by atomic mass is 16.1. The predicted octanol–water partition coefficient (Wildman–Crippen LogP) is 0.537. The molecule has 1 unspecified atom stereocenters. The molecule has 0 spiro atoms. The summed E-state index contributed by atoms with van der Waals surface area (Å²) in [5.74, 6) is 1.14. The molecule has 1 atom stereocenters. The molecule has 76 valence electrons. The number of aromatic amines is 1. The molecule has 3 N–H and O–H groups in total. The van der Waals surface area contributed by atoms with Gasteiger partial charge in [0.1, 0.15) is 5.82 Å². The minimum Gasteiger partial charge on any atom is -0.328 e. The van der Waals surface area contributed by atoms with E-state index in [1.807, 2.05) is 6.92 Å². The van der Waals surface area contributed by atoms with Gasteiger partial charge in [0.05, 0.1) is 0 Å². The summed E-state index contributed by atoms with van der Waals surface area (Å²) in [5, 5.41) is 0. The van der Waals surface area contributed by atoms with Gasteiger partial charge in [0, 0.05) is 24.2 Å². The van der Waals surface area contributed by atoms with Crippen LogP contribution in [0.25, 0.3) is 0 Å². The van der Waals surface area contributed by atoms with Crippen LogP contribution in [0.4, 0.5) is 0 Å². The molecule has 4 heteroatoms. The number of nitrogens with one attached hydrogen (secondary N) is 1. The van der Waals surface area contributed by atoms with Gasteiger partial charge in [-0.25, -0.2) is 4.98 Å². The predicted molar refractivity (Wildman–Crippen MR) is 54.2 cm³/mol. The van der Waals surface area contributed by atoms with Crippen LogP contribution in [0.3, 0.4) is 0 Å². The molecule has 1 fully saturated rings. The van der Waals surface area contributed by atoms with Crippen molar-refractivity contribution in [2.45, 2.75) is 38.1 Å². The first-order chi connectivity index (χ1) is 6.66. The van der Waals surface area contributed by atoms with Crippen molar-refractivity contribution in [3.63, 3.8) is 0 Å². The normalized spacial score (nSPS) is 18.1. The van der Waals surface area contributed by atoms with Crippen LogP contribution in [-0.4, -0.2) is 16.0 Å². The summed E-state index contributed by atoms with van der Waals surface area (Å²) in [6.07, 6.45) is 4.57. The second-order valence-electron chi connectivity index (χ2n) is 4.07. The van der Waals surface area contributed by atoms with E-state index in [0.29, 0.717) is 18.2 Å². The summed E-state index contributed by atoms with van der Waals surface area (Å²) in [5.41, 5.74) is 6.47. The lowest BCUT2D eigenvalue weighted by Crippen LogP contribution is -2.23. The highest BCUT2D eigenvalue weighted by molar-refractivity contribution is 5.17. The zero-order valence-electron chi connectivity index (χ0n) is 8.29. The summed E-state index contributed by atoms with van der Waals surface area (Å²) < 4.78 is 0. The van der Waals surface area contributed by atoms with Crippen molar-refractivity contribution < 1.29 is 0 Å². The minimum atomic E-state index is 0.0122. The molecule has 0 bridgehead atoms. The van der Waals surface area contributed by atoms with E-state index in [1.165, 1.54) is 0 Å². The van der Waals surface area contributed by atoms with E-state index < -0.39 is 0 Å². The van der Waals surface area contributed by atoms with Crippen LogP contribution in [0.1, 0.15) is 37.1 Å². The fourth-order valence-corrected chi connectivity index (χ4v) is 1.54. The van der Waals surface area contributed by atoms with Gasteiger partial charge in [-0.2, -0.15) is 0 Å². The third-order valence-corrected chi connectivity index (χ3v) is 2.41. The molecule has 4 nitrogen and oxygen atoms in total. The second kappa shape index (κ2) is 3.53. The van der Waals surface area contributed by atoms with Crippen LogP contribution in [0.5, 0.6) is 0 Å². The van der Waals surface area contributed by atoms with Gasteiger partial charge in [-0.05, 0) is 25.7 Å². The molecule has 1 heterocycles. The van der Waals surface area contributed by atoms with E-state index in [1.54, 1.807) is 6.20 Å². The fourth-order valence-electron chi connectivity index (χ4n) is 1.54. The Morgan fingerprint density at radius 1 is 1.71 bits per heavy atom. The minimum absolute atomic E-state index is 0.0122. The van der Waals surface area contributed by atoms with Gasteiger partial charge in [0.15, 0.2) is 0 Å². The van der Waals surface area contributed by atoms with Gasteiger partial charge in [0.25, 0.3) is 5.56 Å². The maximum absolute atomic E-state index is 11.6. The smallest absolute Gasteiger partial charge is 0.254 e. The lowest BCUT2D eigenvalue weighted by Gasteiger charge is -2.04. The summed E-state index contributed by atoms with van der Waals surface area (Å²) >= 11 is 0. The Bertz CT molecular complexity index is 379. The molecule has 0 aliphatic heterocycles. The van der Waals surface area contributed by atoms with Gasteiger partial charge >= 0.3 is 0 Å². The maximum atomic E-state index is 11.6. The third kappa shape index (κ3) is 2.01. The van der Waals surface area contributed by atoms with Gasteiger partial charge < -0.3 is 10.7 Å². The highest BCUT2D eigenvalue weighted by Gasteiger charge is 2.26. The zero-order valence-corrected chi connectivity index (χ0v) is 8.29. The van der Waals surface area contributed by atoms with E-state index in [0.717, 1.165) is 18.4 Å². The van der Waals surface area contributed by atoms with Crippen molar-refractivity contribution in [2.24, 2.45) is 5.73 Å². The number of rotatable bonds is 3. The first-order valence-corrected chi connectivity index (χ1v) is 5.00. The van der Waals surface area contributed by atoms with Crippen LogP contribution >= 0.6 is 0 Å². The van der Waals surface area contributed by atoms with Crippen LogP contribution in [0, 0.1) is 0 Å². The van der Waals surface area contributed by atoms with Crippen molar-refractivity contribution in [3.8, 4) is 0 Å². The zero-order chi connectivity index (χ0) is 10.1. The highest BCUT2D eigenvalue weighted by Crippen LogP contribution is 2.37. The van der Waals surface area contributed by atoms with Gasteiger partial charge in [-0.1, -0.05) is 0 Å². The molecule has 1 saturated carbocycles. The standard InChI is InChI=1S/C10H15N3O/c1-6(11)4-9-12-5-8(7-2-3-7)10(14)13-9/h5-7H,2-4,11H2,1H3,(H,12,13,14). The topological polar surface area (TPSA) is 71.8 Å². The molecule has 0 amide bonds. The van der Waals surface area contributed by atoms with Crippen molar-refractivity contribution in [1.82, 2.24) is 9.97 Å². The summed E-state index contributed by atoms with van der Waals surface area (Å²) in [7, 11) is 0. The van der Waals surface area contributed by atoms with E-state index >= 15 is 0 Å². The van der Waals surface area contributed by atoms with Crippen molar-refractivity contribution >= 4 is 0 Å². The molecule has 1 aromatic rings. The number of hydrogen-bond acceptors (Lipinski definition) is 3. The molecule has 1 aliphatic rings. The third-order valence-electron chi connectivity index (χ3n) is 2.41. The Kier molecular flexibility index (Phi) is 2.37. The molecule has 0 radical (unpaired) electrons. The molecular formula is C10H15N3O. The van der Waals surface area contributed by atoms with Gasteiger partial charge in [-0.15, -0.1) is 0 Å². The quantitative estimate of drug-likeness (QED) is 0.735. The molecule has 0 aromatic carbocycles. The van der Waals surface area contributed by atoms with E-state index in [2.05, 4.69) is 9.97 Å². The summed E-state index contributed by atoms with van der Waals surface area (Å²) in [6.45, 7) is 1.90. The van der Waals surface area contributed by atoms with Crippen molar-refractivity contribution in [2.75, 3.05) is 0 Å². The molecule has 14 heavy (non-hydrogen) atoms. The second-order valence-corrected chi connectivity index (χ2v) is 4.07. The van der Waals surface area contributed by atoms with Gasteiger partial charge in [-0.3, -0.25) is 4.79 Å². The van der Waals surface area contributed by atoms with Crippen LogP contribution in [0.15, 0.2) is 11.0 Å². The SMILES string of the molecule is CC(N)Cc1ncc(C2CC2)c(=O)[nH]1. The lowest BCUT2D eigenvalue weighted by molar-refractivity contribution is 0.695. The Morgan fingerprint density at radius 3 is 2.93 bits per heavy atom. The number of H-pyrrole nitrogens is 1. The Hall–Kier alpha value is -1.16. The first kappa shape index (κ1) is 9.40. The number of nitrogens with zero attached hydrogens (tertiary/aromatic N) is 1. The summed E-state index contributed by atoms with van der Waals surface area (Å²) in [4.78, 5) is 18.6. The van der Waals surface area contributed by atoms with Gasteiger partial charge in [0.2, 0.25) is 0 Å². The monoisotopic (exact) mass is 193 g/mol. The average Bonchev–Trinajstić information content (AvgIpc) is 2.86. The Balaban J connectivity index is 2.21. The fraction of sp³-hybridized carbons (Fsp3) is 0.600. The lowest BCUT2D eigenvalue weighted by atomic mass is 10.2. The molecular weight excluding hydrogens is 178 g/mol. The Labute approximate surface area is 82.6 Å². The van der Waals surface area contributed by atoms with Crippen LogP contribution in [0.2, 0.25) is 0 Å². The molecule has 1 aromatic heterocycles. The number of hydrogen-bond donors (Lipinski definition) is 2.